The first-order valence-electron chi connectivity index (χ1n) is 10.7. The number of amides is 2. The second-order valence-electron chi connectivity index (χ2n) is 8.18. The van der Waals surface area contributed by atoms with E-state index in [9.17, 15) is 18.0 Å². The Morgan fingerprint density at radius 3 is 2.66 bits per heavy atom. The van der Waals surface area contributed by atoms with Gasteiger partial charge < -0.3 is 15.4 Å². The van der Waals surface area contributed by atoms with Gasteiger partial charge >= 0.3 is 0 Å². The molecule has 2 heterocycles. The lowest BCUT2D eigenvalue weighted by Gasteiger charge is -2.27. The molecule has 9 heteroatoms. The Hall–Kier alpha value is -2.91. The maximum Gasteiger partial charge on any atom is 0.265 e. The highest BCUT2D eigenvalue weighted by atomic mass is 32.2. The fraction of sp³-hybridized carbons (Fsp3) is 0.391. The Bertz CT molecular complexity index is 1160. The third-order valence-electron chi connectivity index (χ3n) is 5.93. The molecule has 2 aromatic rings. The molecule has 170 valence electrons. The van der Waals surface area contributed by atoms with E-state index in [2.05, 4.69) is 17.6 Å². The van der Waals surface area contributed by atoms with Crippen LogP contribution in [0.2, 0.25) is 0 Å². The van der Waals surface area contributed by atoms with Crippen molar-refractivity contribution < 1.29 is 22.7 Å². The van der Waals surface area contributed by atoms with Gasteiger partial charge in [-0.15, -0.1) is 0 Å². The summed E-state index contributed by atoms with van der Waals surface area (Å²) in [6.07, 6.45) is 1.23. The number of aryl methyl sites for hydroxylation is 2. The van der Waals surface area contributed by atoms with Crippen molar-refractivity contribution in [2.75, 3.05) is 17.2 Å². The molecule has 2 amide bonds. The summed E-state index contributed by atoms with van der Waals surface area (Å²) in [5.41, 5.74) is 2.71. The van der Waals surface area contributed by atoms with Crippen LogP contribution in [0.15, 0.2) is 41.3 Å². The van der Waals surface area contributed by atoms with Gasteiger partial charge in [0, 0.05) is 18.3 Å². The Labute approximate surface area is 188 Å². The zero-order valence-corrected chi connectivity index (χ0v) is 19.2. The number of hydrogen-bond donors (Lipinski definition) is 2. The van der Waals surface area contributed by atoms with Crippen LogP contribution in [0.5, 0.6) is 5.75 Å². The third kappa shape index (κ3) is 4.10. The standard InChI is InChI=1S/C23H27N3O5S/c1-4-16-7-9-17(10-8-16)24-23(28)19-6-5-11-26(19)32(29,30)21-13-20-18(12-14(21)2)25-22(27)15(3)31-20/h7-10,12-13,15,19H,4-6,11H2,1-3H3,(H,24,28)(H,25,27)/t15-,19+/m1/s1. The van der Waals surface area contributed by atoms with E-state index in [-0.39, 0.29) is 23.3 Å². The lowest BCUT2D eigenvalue weighted by molar-refractivity contribution is -0.122. The number of carbonyl (C=O) groups excluding carboxylic acids is 2. The molecule has 0 unspecified atom stereocenters. The lowest BCUT2D eigenvalue weighted by atomic mass is 10.1. The molecule has 0 spiro atoms. The number of sulfonamides is 1. The molecule has 2 atom stereocenters. The highest BCUT2D eigenvalue weighted by molar-refractivity contribution is 7.89. The van der Waals surface area contributed by atoms with Crippen LogP contribution in [-0.2, 0) is 26.0 Å². The molecule has 32 heavy (non-hydrogen) atoms. The first-order chi connectivity index (χ1) is 15.2. The van der Waals surface area contributed by atoms with Crippen LogP contribution in [0, 0.1) is 6.92 Å². The first-order valence-corrected chi connectivity index (χ1v) is 12.2. The summed E-state index contributed by atoms with van der Waals surface area (Å²) in [6, 6.07) is 9.76. The zero-order valence-electron chi connectivity index (χ0n) is 18.3. The van der Waals surface area contributed by atoms with Crippen molar-refractivity contribution >= 4 is 33.2 Å². The maximum atomic E-state index is 13.5. The molecule has 0 bridgehead atoms. The van der Waals surface area contributed by atoms with Gasteiger partial charge in [0.25, 0.3) is 5.91 Å². The van der Waals surface area contributed by atoms with Gasteiger partial charge in [-0.1, -0.05) is 19.1 Å². The second-order valence-corrected chi connectivity index (χ2v) is 10.0. The fourth-order valence-corrected chi connectivity index (χ4v) is 5.97. The van der Waals surface area contributed by atoms with Gasteiger partial charge in [0.05, 0.1) is 10.6 Å². The van der Waals surface area contributed by atoms with Crippen LogP contribution < -0.4 is 15.4 Å². The monoisotopic (exact) mass is 457 g/mol. The number of anilines is 2. The van der Waals surface area contributed by atoms with Crippen LogP contribution in [-0.4, -0.2) is 43.2 Å². The van der Waals surface area contributed by atoms with E-state index in [1.165, 1.54) is 10.4 Å². The van der Waals surface area contributed by atoms with E-state index < -0.39 is 22.2 Å². The van der Waals surface area contributed by atoms with E-state index >= 15 is 0 Å². The molecule has 8 nitrogen and oxygen atoms in total. The largest absolute Gasteiger partial charge is 0.479 e. The SMILES string of the molecule is CCc1ccc(NC(=O)[C@@H]2CCCN2S(=O)(=O)c2cc3c(cc2C)NC(=O)[C@@H](C)O3)cc1. The van der Waals surface area contributed by atoms with Crippen LogP contribution in [0.3, 0.4) is 0 Å². The molecule has 2 aliphatic heterocycles. The van der Waals surface area contributed by atoms with Gasteiger partial charge in [0.1, 0.15) is 11.8 Å². The van der Waals surface area contributed by atoms with Crippen molar-refractivity contribution in [2.24, 2.45) is 0 Å². The summed E-state index contributed by atoms with van der Waals surface area (Å²) >= 11 is 0. The van der Waals surface area contributed by atoms with Crippen molar-refractivity contribution in [2.45, 2.75) is 57.1 Å². The van der Waals surface area contributed by atoms with Crippen molar-refractivity contribution in [3.8, 4) is 5.75 Å². The number of benzene rings is 2. The van der Waals surface area contributed by atoms with Crippen LogP contribution in [0.4, 0.5) is 11.4 Å². The van der Waals surface area contributed by atoms with Crippen molar-refractivity contribution in [3.63, 3.8) is 0 Å². The Morgan fingerprint density at radius 2 is 1.97 bits per heavy atom. The number of rotatable bonds is 5. The van der Waals surface area contributed by atoms with E-state index in [0.29, 0.717) is 35.5 Å². The minimum atomic E-state index is -3.95. The smallest absolute Gasteiger partial charge is 0.265 e. The Balaban J connectivity index is 1.59. The molecular formula is C23H27N3O5S. The molecule has 2 N–H and O–H groups in total. The predicted octanol–water partition coefficient (Wildman–Crippen LogP) is 3.07. The number of fused-ring (bicyclic) bond motifs is 1. The Morgan fingerprint density at radius 1 is 1.25 bits per heavy atom. The van der Waals surface area contributed by atoms with E-state index in [1.807, 2.05) is 24.3 Å². The van der Waals surface area contributed by atoms with Crippen molar-refractivity contribution in [3.05, 3.63) is 47.5 Å². The first kappa shape index (κ1) is 22.3. The minimum Gasteiger partial charge on any atom is -0.479 e. The number of hydrogen-bond acceptors (Lipinski definition) is 5. The summed E-state index contributed by atoms with van der Waals surface area (Å²) < 4.78 is 33.9. The summed E-state index contributed by atoms with van der Waals surface area (Å²) in [4.78, 5) is 24.9. The van der Waals surface area contributed by atoms with E-state index in [4.69, 9.17) is 4.74 Å². The fourth-order valence-electron chi connectivity index (χ4n) is 4.09. The minimum absolute atomic E-state index is 0.0756. The lowest BCUT2D eigenvalue weighted by Crippen LogP contribution is -2.43. The zero-order chi connectivity index (χ0) is 23.0. The average molecular weight is 458 g/mol. The number of carbonyl (C=O) groups is 2. The van der Waals surface area contributed by atoms with Gasteiger partial charge in [-0.25, -0.2) is 8.42 Å². The molecule has 0 aromatic heterocycles. The van der Waals surface area contributed by atoms with Gasteiger partial charge in [0.15, 0.2) is 6.10 Å². The number of ether oxygens (including phenoxy) is 1. The highest BCUT2D eigenvalue weighted by Gasteiger charge is 2.40. The maximum absolute atomic E-state index is 13.5. The molecule has 0 aliphatic carbocycles. The van der Waals surface area contributed by atoms with Crippen LogP contribution in [0.1, 0.15) is 37.8 Å². The summed E-state index contributed by atoms with van der Waals surface area (Å²) in [7, 11) is -3.95. The summed E-state index contributed by atoms with van der Waals surface area (Å²) in [5.74, 6) is -0.323. The summed E-state index contributed by atoms with van der Waals surface area (Å²) in [6.45, 7) is 5.58. The Kier molecular flexibility index (Phi) is 5.96. The van der Waals surface area contributed by atoms with Gasteiger partial charge in [-0.05, 0) is 62.4 Å². The molecule has 4 rings (SSSR count). The summed E-state index contributed by atoms with van der Waals surface area (Å²) in [5, 5.41) is 5.57. The van der Waals surface area contributed by atoms with Gasteiger partial charge in [0.2, 0.25) is 15.9 Å². The molecule has 1 fully saturated rings. The van der Waals surface area contributed by atoms with Crippen molar-refractivity contribution in [1.82, 2.24) is 4.31 Å². The molecule has 0 radical (unpaired) electrons. The third-order valence-corrected chi connectivity index (χ3v) is 7.98. The van der Waals surface area contributed by atoms with Gasteiger partial charge in [-0.2, -0.15) is 4.31 Å². The van der Waals surface area contributed by atoms with E-state index in [1.54, 1.807) is 19.9 Å². The number of nitrogens with one attached hydrogen (secondary N) is 2. The molecule has 0 saturated carbocycles. The van der Waals surface area contributed by atoms with Crippen molar-refractivity contribution in [1.29, 1.82) is 0 Å². The molecule has 2 aliphatic rings. The number of nitrogens with zero attached hydrogens (tertiary/aromatic N) is 1. The molecule has 1 saturated heterocycles. The highest BCUT2D eigenvalue weighted by Crippen LogP contribution is 2.37. The van der Waals surface area contributed by atoms with Crippen LogP contribution >= 0.6 is 0 Å². The molecule has 2 aromatic carbocycles. The predicted molar refractivity (Wildman–Crippen MR) is 121 cm³/mol. The topological polar surface area (TPSA) is 105 Å². The normalized spacial score (nSPS) is 20.9. The quantitative estimate of drug-likeness (QED) is 0.718. The molecular weight excluding hydrogens is 430 g/mol. The second kappa shape index (κ2) is 8.55. The van der Waals surface area contributed by atoms with E-state index in [0.717, 1.165) is 12.0 Å². The average Bonchev–Trinajstić information content (AvgIpc) is 3.26. The van der Waals surface area contributed by atoms with Crippen LogP contribution in [0.25, 0.3) is 0 Å². The van der Waals surface area contributed by atoms with Gasteiger partial charge in [-0.3, -0.25) is 9.59 Å².